The number of carbonyl (C=O) groups excluding carboxylic acids is 2. The molecule has 3 N–H and O–H groups in total. The molecule has 0 radical (unpaired) electrons. The fourth-order valence-electron chi connectivity index (χ4n) is 7.55. The van der Waals surface area contributed by atoms with Crippen molar-refractivity contribution in [3.63, 3.8) is 0 Å². The second-order valence-electron chi connectivity index (χ2n) is 11.7. The molecule has 0 aliphatic heterocycles. The molecule has 0 saturated heterocycles. The van der Waals surface area contributed by atoms with Gasteiger partial charge in [0.1, 0.15) is 11.4 Å². The summed E-state index contributed by atoms with van der Waals surface area (Å²) in [6.07, 6.45) is 5.52. The van der Waals surface area contributed by atoms with E-state index in [0.29, 0.717) is 23.8 Å². The monoisotopic (exact) mass is 535 g/mol. The van der Waals surface area contributed by atoms with Gasteiger partial charge in [-0.1, -0.05) is 38.3 Å². The van der Waals surface area contributed by atoms with Crippen LogP contribution in [0.4, 0.5) is 8.78 Å². The SMILES string of the molecule is CCC1(C(=O)OCOC(=O)[C@@]2(N)[C@H]3[C@@H](C[C@H]2OCc2ccc(F)cc2)[C@]3(F)C(=O)O)CC2CCCC(C2)C1. The molecule has 2 bridgehead atoms. The summed E-state index contributed by atoms with van der Waals surface area (Å²) in [5, 5.41) is 9.44. The number of halogens is 2. The number of alkyl halides is 1. The molecule has 0 heterocycles. The van der Waals surface area contributed by atoms with Crippen LogP contribution in [0.25, 0.3) is 0 Å². The summed E-state index contributed by atoms with van der Waals surface area (Å²) in [5.74, 6) is -4.98. The molecule has 0 aromatic heterocycles. The van der Waals surface area contributed by atoms with Crippen molar-refractivity contribution in [3.05, 3.63) is 35.6 Å². The number of esters is 2. The number of carbonyl (C=O) groups is 3. The van der Waals surface area contributed by atoms with E-state index in [1.807, 2.05) is 6.92 Å². The van der Waals surface area contributed by atoms with Gasteiger partial charge < -0.3 is 25.1 Å². The van der Waals surface area contributed by atoms with Crippen molar-refractivity contribution >= 4 is 17.9 Å². The fraction of sp³-hybridized carbons (Fsp3) is 0.679. The first-order valence-corrected chi connectivity index (χ1v) is 13.5. The highest BCUT2D eigenvalue weighted by atomic mass is 19.1. The molecule has 4 aliphatic rings. The predicted molar refractivity (Wildman–Crippen MR) is 129 cm³/mol. The maximum absolute atomic E-state index is 15.2. The van der Waals surface area contributed by atoms with Crippen LogP contribution in [0.1, 0.15) is 63.9 Å². The summed E-state index contributed by atoms with van der Waals surface area (Å²) in [6, 6.07) is 5.51. The Morgan fingerprint density at radius 1 is 1.05 bits per heavy atom. The fourth-order valence-corrected chi connectivity index (χ4v) is 7.55. The molecule has 0 amide bonds. The molecule has 5 rings (SSSR count). The number of rotatable bonds is 9. The number of hydrogen-bond donors (Lipinski definition) is 2. The second kappa shape index (κ2) is 9.86. The first-order valence-electron chi connectivity index (χ1n) is 13.5. The van der Waals surface area contributed by atoms with Gasteiger partial charge in [0.2, 0.25) is 12.5 Å². The Morgan fingerprint density at radius 2 is 1.68 bits per heavy atom. The summed E-state index contributed by atoms with van der Waals surface area (Å²) < 4.78 is 44.9. The molecule has 4 saturated carbocycles. The minimum absolute atomic E-state index is 0.0423. The molecule has 208 valence electrons. The molecule has 10 heteroatoms. The topological polar surface area (TPSA) is 125 Å². The molecule has 2 unspecified atom stereocenters. The maximum Gasteiger partial charge on any atom is 0.342 e. The summed E-state index contributed by atoms with van der Waals surface area (Å²) in [6.45, 7) is 1.23. The number of hydrogen-bond acceptors (Lipinski definition) is 7. The molecule has 4 fully saturated rings. The second-order valence-corrected chi connectivity index (χ2v) is 11.7. The highest BCUT2D eigenvalue weighted by molar-refractivity contribution is 5.91. The van der Waals surface area contributed by atoms with Gasteiger partial charge in [-0.15, -0.1) is 0 Å². The van der Waals surface area contributed by atoms with Crippen LogP contribution in [0.15, 0.2) is 24.3 Å². The summed E-state index contributed by atoms with van der Waals surface area (Å²) in [4.78, 5) is 38.0. The van der Waals surface area contributed by atoms with Gasteiger partial charge >= 0.3 is 17.9 Å². The third-order valence-corrected chi connectivity index (χ3v) is 9.59. The van der Waals surface area contributed by atoms with E-state index in [9.17, 15) is 23.9 Å². The van der Waals surface area contributed by atoms with Crippen molar-refractivity contribution in [1.82, 2.24) is 0 Å². The zero-order valence-electron chi connectivity index (χ0n) is 21.5. The summed E-state index contributed by atoms with van der Waals surface area (Å²) in [5.41, 5.74) is 1.64. The molecule has 1 aromatic rings. The zero-order chi connectivity index (χ0) is 27.3. The van der Waals surface area contributed by atoms with E-state index in [1.54, 1.807) is 0 Å². The van der Waals surface area contributed by atoms with Gasteiger partial charge in [0.15, 0.2) is 0 Å². The Morgan fingerprint density at radius 3 is 2.29 bits per heavy atom. The van der Waals surface area contributed by atoms with Gasteiger partial charge in [0.25, 0.3) is 0 Å². The van der Waals surface area contributed by atoms with Crippen LogP contribution >= 0.6 is 0 Å². The third-order valence-electron chi connectivity index (χ3n) is 9.59. The highest BCUT2D eigenvalue weighted by Gasteiger charge is 2.85. The molecular weight excluding hydrogens is 500 g/mol. The average Bonchev–Trinajstić information content (AvgIpc) is 3.38. The van der Waals surface area contributed by atoms with Crippen LogP contribution in [-0.4, -0.2) is 47.1 Å². The van der Waals surface area contributed by atoms with E-state index in [-0.39, 0.29) is 13.0 Å². The minimum Gasteiger partial charge on any atom is -0.479 e. The van der Waals surface area contributed by atoms with Gasteiger partial charge in [-0.25, -0.2) is 18.4 Å². The van der Waals surface area contributed by atoms with Crippen molar-refractivity contribution < 1.29 is 42.5 Å². The Labute approximate surface area is 220 Å². The Bertz CT molecular complexity index is 1090. The van der Waals surface area contributed by atoms with E-state index in [2.05, 4.69) is 0 Å². The van der Waals surface area contributed by atoms with Gasteiger partial charge in [-0.05, 0) is 61.6 Å². The zero-order valence-corrected chi connectivity index (χ0v) is 21.5. The van der Waals surface area contributed by atoms with E-state index >= 15 is 4.39 Å². The van der Waals surface area contributed by atoms with Crippen LogP contribution in [0.2, 0.25) is 0 Å². The lowest BCUT2D eigenvalue weighted by molar-refractivity contribution is -0.185. The third kappa shape index (κ3) is 4.39. The van der Waals surface area contributed by atoms with Crippen LogP contribution in [-0.2, 0) is 35.2 Å². The predicted octanol–water partition coefficient (Wildman–Crippen LogP) is 3.89. The number of benzene rings is 1. The van der Waals surface area contributed by atoms with E-state index < -0.39 is 65.1 Å². The van der Waals surface area contributed by atoms with E-state index in [4.69, 9.17) is 19.9 Å². The van der Waals surface area contributed by atoms with Crippen LogP contribution in [0.3, 0.4) is 0 Å². The number of carboxylic acid groups (broad SMARTS) is 1. The molecular formula is C28H35F2NO7. The van der Waals surface area contributed by atoms with Crippen molar-refractivity contribution in [2.45, 2.75) is 82.2 Å². The Kier molecular flexibility index (Phi) is 7.01. The van der Waals surface area contributed by atoms with E-state index in [1.165, 1.54) is 30.7 Å². The quantitative estimate of drug-likeness (QED) is 0.360. The standard InChI is InChI=1S/C28H35F2NO7/c1-2-26(12-17-4-3-5-18(10-17)13-26)24(34)37-15-38-25(35)28(31)21(11-20-22(28)27(20,30)23(32)33)36-14-16-6-8-19(29)9-7-16/h6-9,17-18,20-22H,2-5,10-15,31H2,1H3,(H,32,33)/t17?,18?,20-,21-,22+,26?,27-,28+/m1/s1. The number of aliphatic carboxylic acids is 1. The van der Waals surface area contributed by atoms with Crippen molar-refractivity contribution in [3.8, 4) is 0 Å². The van der Waals surface area contributed by atoms with Crippen molar-refractivity contribution in [1.29, 1.82) is 0 Å². The van der Waals surface area contributed by atoms with Gasteiger partial charge in [-0.2, -0.15) is 0 Å². The smallest absolute Gasteiger partial charge is 0.342 e. The maximum atomic E-state index is 15.2. The largest absolute Gasteiger partial charge is 0.479 e. The Hall–Kier alpha value is -2.59. The molecule has 4 aliphatic carbocycles. The minimum atomic E-state index is -2.66. The summed E-state index contributed by atoms with van der Waals surface area (Å²) in [7, 11) is 0. The first kappa shape index (κ1) is 27.0. The van der Waals surface area contributed by atoms with Gasteiger partial charge in [-0.3, -0.25) is 4.79 Å². The number of ether oxygens (including phenoxy) is 3. The molecule has 1 aromatic carbocycles. The summed E-state index contributed by atoms with van der Waals surface area (Å²) >= 11 is 0. The Balaban J connectivity index is 1.24. The van der Waals surface area contributed by atoms with Gasteiger partial charge in [0.05, 0.1) is 18.1 Å². The van der Waals surface area contributed by atoms with Crippen molar-refractivity contribution in [2.24, 2.45) is 34.8 Å². The van der Waals surface area contributed by atoms with Crippen molar-refractivity contribution in [2.75, 3.05) is 6.79 Å². The normalized spacial score (nSPS) is 39.2. The first-order chi connectivity index (χ1) is 18.0. The molecule has 0 spiro atoms. The average molecular weight is 536 g/mol. The van der Waals surface area contributed by atoms with Gasteiger partial charge in [0, 0.05) is 11.8 Å². The molecule has 8 nitrogen and oxygen atoms in total. The van der Waals surface area contributed by atoms with Crippen LogP contribution in [0.5, 0.6) is 0 Å². The lowest BCUT2D eigenvalue weighted by atomic mass is 9.60. The lowest BCUT2D eigenvalue weighted by Crippen LogP contribution is -2.61. The number of fused-ring (bicyclic) bond motifs is 3. The highest BCUT2D eigenvalue weighted by Crippen LogP contribution is 2.67. The number of nitrogens with two attached hydrogens (primary N) is 1. The van der Waals surface area contributed by atoms with E-state index in [0.717, 1.165) is 32.1 Å². The lowest BCUT2D eigenvalue weighted by Gasteiger charge is -2.45. The molecule has 7 atom stereocenters. The number of carboxylic acids is 1. The van der Waals surface area contributed by atoms with Crippen LogP contribution in [0, 0.1) is 34.9 Å². The molecule has 38 heavy (non-hydrogen) atoms. The van der Waals surface area contributed by atoms with Crippen LogP contribution < -0.4 is 5.73 Å².